The molecule has 3 aromatic rings. The number of furan rings is 1. The maximum atomic E-state index is 12.7. The normalized spacial score (nSPS) is 13.8. The number of hydrazone groups is 1. The highest BCUT2D eigenvalue weighted by atomic mass is 79.9. The van der Waals surface area contributed by atoms with Crippen molar-refractivity contribution in [3.63, 3.8) is 0 Å². The average molecular weight is 525 g/mol. The second-order valence-electron chi connectivity index (χ2n) is 7.64. The number of phenolic OH excluding ortho intramolecular Hbond substituents is 1. The highest BCUT2D eigenvalue weighted by Crippen LogP contribution is 2.30. The molecule has 10 heteroatoms. The number of carbonyl (C=O) groups excluding carboxylic acids is 3. The highest BCUT2D eigenvalue weighted by Gasteiger charge is 2.28. The third-order valence-electron chi connectivity index (χ3n) is 5.36. The molecular weight excluding hydrogens is 504 g/mol. The molecule has 1 aliphatic carbocycles. The predicted octanol–water partition coefficient (Wildman–Crippen LogP) is 3.60. The highest BCUT2D eigenvalue weighted by molar-refractivity contribution is 9.10. The van der Waals surface area contributed by atoms with Crippen molar-refractivity contribution in [2.24, 2.45) is 5.10 Å². The van der Waals surface area contributed by atoms with Crippen molar-refractivity contribution in [1.29, 1.82) is 0 Å². The molecule has 1 heterocycles. The van der Waals surface area contributed by atoms with Crippen LogP contribution in [0.5, 0.6) is 5.75 Å². The zero-order valence-corrected chi connectivity index (χ0v) is 19.7. The van der Waals surface area contributed by atoms with Crippen LogP contribution in [0.2, 0.25) is 0 Å². The fourth-order valence-corrected chi connectivity index (χ4v) is 4.14. The number of phenols is 1. The monoisotopic (exact) mass is 524 g/mol. The van der Waals surface area contributed by atoms with Gasteiger partial charge in [-0.25, -0.2) is 5.43 Å². The summed E-state index contributed by atoms with van der Waals surface area (Å²) >= 11 is 3.30. The topological polar surface area (TPSA) is 133 Å². The first kappa shape index (κ1) is 23.2. The van der Waals surface area contributed by atoms with Crippen LogP contribution < -0.4 is 16.3 Å². The third kappa shape index (κ3) is 4.86. The molecule has 0 radical (unpaired) electrons. The second-order valence-corrected chi connectivity index (χ2v) is 8.50. The summed E-state index contributed by atoms with van der Waals surface area (Å²) < 4.78 is 6.40. The molecule has 0 saturated carbocycles. The molecule has 0 fully saturated rings. The number of halogens is 1. The Balaban J connectivity index is 1.48. The van der Waals surface area contributed by atoms with E-state index in [2.05, 4.69) is 37.3 Å². The first-order valence-electron chi connectivity index (χ1n) is 10.5. The number of carbonyl (C=O) groups is 3. The number of benzene rings is 2. The molecule has 4 rings (SSSR count). The maximum absolute atomic E-state index is 12.7. The summed E-state index contributed by atoms with van der Waals surface area (Å²) in [7, 11) is 0. The van der Waals surface area contributed by atoms with Gasteiger partial charge in [0.2, 0.25) is 0 Å². The molecule has 0 spiro atoms. The molecule has 34 heavy (non-hydrogen) atoms. The Morgan fingerprint density at radius 3 is 2.41 bits per heavy atom. The second kappa shape index (κ2) is 9.92. The van der Waals surface area contributed by atoms with Crippen LogP contribution in [-0.4, -0.2) is 28.5 Å². The summed E-state index contributed by atoms with van der Waals surface area (Å²) in [5, 5.41) is 13.6. The van der Waals surface area contributed by atoms with Crippen molar-refractivity contribution in [2.45, 2.75) is 26.2 Å². The van der Waals surface area contributed by atoms with E-state index in [1.807, 2.05) is 0 Å². The fourth-order valence-electron chi connectivity index (χ4n) is 3.68. The van der Waals surface area contributed by atoms with E-state index in [4.69, 9.17) is 4.42 Å². The predicted molar refractivity (Wildman–Crippen MR) is 128 cm³/mol. The minimum atomic E-state index is -0.597. The maximum Gasteiger partial charge on any atom is 0.305 e. The van der Waals surface area contributed by atoms with E-state index in [-0.39, 0.29) is 11.5 Å². The minimum Gasteiger partial charge on any atom is -0.508 e. The van der Waals surface area contributed by atoms with E-state index >= 15 is 0 Å². The molecule has 0 unspecified atom stereocenters. The van der Waals surface area contributed by atoms with Gasteiger partial charge in [-0.15, -0.1) is 0 Å². The van der Waals surface area contributed by atoms with Crippen LogP contribution in [0.25, 0.3) is 0 Å². The third-order valence-corrected chi connectivity index (χ3v) is 6.05. The summed E-state index contributed by atoms with van der Waals surface area (Å²) in [6.07, 6.45) is 1.97. The van der Waals surface area contributed by atoms with Gasteiger partial charge in [0, 0.05) is 27.6 Å². The number of nitrogens with zero attached hydrogens (tertiary/aromatic N) is 1. The van der Waals surface area contributed by atoms with Gasteiger partial charge in [0.1, 0.15) is 11.5 Å². The number of nitrogens with one attached hydrogen (secondary N) is 3. The summed E-state index contributed by atoms with van der Waals surface area (Å²) in [5.74, 6) is -0.768. The molecule has 4 N–H and O–H groups in total. The molecule has 2 aromatic carbocycles. The fraction of sp³-hybridized carbons (Fsp3) is 0.167. The van der Waals surface area contributed by atoms with Crippen LogP contribution in [-0.2, 0) is 6.42 Å². The van der Waals surface area contributed by atoms with Crippen molar-refractivity contribution < 1.29 is 23.9 Å². The number of rotatable bonds is 4. The first-order chi connectivity index (χ1) is 16.3. The van der Waals surface area contributed by atoms with Crippen molar-refractivity contribution in [3.8, 4) is 5.75 Å². The lowest BCUT2D eigenvalue weighted by atomic mass is 9.93. The summed E-state index contributed by atoms with van der Waals surface area (Å²) in [5.41, 5.74) is 9.86. The van der Waals surface area contributed by atoms with E-state index in [0.29, 0.717) is 51.0 Å². The van der Waals surface area contributed by atoms with Gasteiger partial charge >= 0.3 is 5.91 Å². The summed E-state index contributed by atoms with van der Waals surface area (Å²) in [6.45, 7) is 1.73. The molecule has 1 aliphatic rings. The summed E-state index contributed by atoms with van der Waals surface area (Å²) in [6, 6.07) is 12.7. The lowest BCUT2D eigenvalue weighted by molar-refractivity contribution is 0.0829. The van der Waals surface area contributed by atoms with E-state index in [1.54, 1.807) is 31.2 Å². The quantitative estimate of drug-likeness (QED) is 0.387. The van der Waals surface area contributed by atoms with Gasteiger partial charge in [-0.2, -0.15) is 5.10 Å². The Kier molecular flexibility index (Phi) is 6.78. The van der Waals surface area contributed by atoms with Crippen LogP contribution in [0.15, 0.2) is 62.5 Å². The molecule has 1 aromatic heterocycles. The molecule has 0 bridgehead atoms. The van der Waals surface area contributed by atoms with Gasteiger partial charge in [0.25, 0.3) is 11.8 Å². The Labute approximate surface area is 203 Å². The average Bonchev–Trinajstić information content (AvgIpc) is 3.18. The number of amides is 3. The number of aromatic hydroxyl groups is 1. The largest absolute Gasteiger partial charge is 0.508 e. The van der Waals surface area contributed by atoms with Crippen LogP contribution in [0.3, 0.4) is 0 Å². The number of hydrogen-bond donors (Lipinski definition) is 4. The Hall–Kier alpha value is -3.92. The van der Waals surface area contributed by atoms with Crippen molar-refractivity contribution in [2.75, 3.05) is 0 Å². The lowest BCUT2D eigenvalue weighted by Crippen LogP contribution is -2.41. The molecule has 0 saturated heterocycles. The molecular formula is C24H21BrN4O5. The Bertz CT molecular complexity index is 1300. The van der Waals surface area contributed by atoms with E-state index < -0.39 is 17.7 Å². The first-order valence-corrected chi connectivity index (χ1v) is 11.3. The Morgan fingerprint density at radius 1 is 0.971 bits per heavy atom. The molecule has 0 aliphatic heterocycles. The molecule has 3 amide bonds. The molecule has 0 atom stereocenters. The van der Waals surface area contributed by atoms with Gasteiger partial charge in [-0.1, -0.05) is 12.1 Å². The van der Waals surface area contributed by atoms with Crippen molar-refractivity contribution in [3.05, 3.63) is 86.8 Å². The van der Waals surface area contributed by atoms with Gasteiger partial charge in [0.05, 0.1) is 11.3 Å². The number of hydrogen-bond acceptors (Lipinski definition) is 6. The van der Waals surface area contributed by atoms with E-state index in [1.165, 1.54) is 24.3 Å². The van der Waals surface area contributed by atoms with Gasteiger partial charge in [-0.05, 0) is 72.1 Å². The van der Waals surface area contributed by atoms with Gasteiger partial charge in [-0.3, -0.25) is 25.2 Å². The van der Waals surface area contributed by atoms with Crippen LogP contribution in [0, 0.1) is 6.92 Å². The molecule has 9 nitrogen and oxygen atoms in total. The summed E-state index contributed by atoms with van der Waals surface area (Å²) in [4.78, 5) is 37.5. The SMILES string of the molecule is Cc1c(C(=O)NNC(=O)c2ccccc2Br)oc2c1/C(=N/NC(=O)c1ccc(O)cc1)CCC2. The standard InChI is InChI=1S/C24H21BrN4O5/c1-13-20-18(26-27-22(31)14-9-11-15(30)12-10-14)7-4-8-19(20)34-21(13)24(33)29-28-23(32)16-5-2-3-6-17(16)25/h2-3,5-6,9-12,30H,4,7-8H2,1H3,(H,27,31)(H,28,32)(H,29,33)/b26-18+. The van der Waals surface area contributed by atoms with E-state index in [0.717, 1.165) is 6.42 Å². The number of hydrazine groups is 1. The van der Waals surface area contributed by atoms with E-state index in [9.17, 15) is 19.5 Å². The molecule has 174 valence electrons. The lowest BCUT2D eigenvalue weighted by Gasteiger charge is -2.13. The van der Waals surface area contributed by atoms with Crippen LogP contribution in [0.4, 0.5) is 0 Å². The zero-order chi connectivity index (χ0) is 24.2. The number of aryl methyl sites for hydroxylation is 1. The van der Waals surface area contributed by atoms with Crippen molar-refractivity contribution >= 4 is 39.4 Å². The van der Waals surface area contributed by atoms with Crippen LogP contribution >= 0.6 is 15.9 Å². The zero-order valence-electron chi connectivity index (χ0n) is 18.1. The smallest absolute Gasteiger partial charge is 0.305 e. The Morgan fingerprint density at radius 2 is 1.68 bits per heavy atom. The van der Waals surface area contributed by atoms with Crippen molar-refractivity contribution in [1.82, 2.24) is 16.3 Å². The number of fused-ring (bicyclic) bond motifs is 1. The van der Waals surface area contributed by atoms with Gasteiger partial charge in [0.15, 0.2) is 5.76 Å². The minimum absolute atomic E-state index is 0.0622. The van der Waals surface area contributed by atoms with Gasteiger partial charge < -0.3 is 9.52 Å². The van der Waals surface area contributed by atoms with Crippen LogP contribution in [0.1, 0.15) is 61.0 Å².